The van der Waals surface area contributed by atoms with Gasteiger partial charge in [-0.1, -0.05) is 0 Å². The largest absolute Gasteiger partial charge is 0.361 e. The molecule has 29 heavy (non-hydrogen) atoms. The zero-order valence-electron chi connectivity index (χ0n) is 16.3. The maximum absolute atomic E-state index is 13.9. The molecule has 1 saturated heterocycles. The van der Waals surface area contributed by atoms with Gasteiger partial charge in [0.05, 0.1) is 0 Å². The Morgan fingerprint density at radius 3 is 3.07 bits per heavy atom. The van der Waals surface area contributed by atoms with Crippen molar-refractivity contribution in [2.24, 2.45) is 4.99 Å². The van der Waals surface area contributed by atoms with E-state index in [2.05, 4.69) is 25.6 Å². The SMILES string of the molecule is CN=C(NCCc1c[nH]c2ccc(F)cc12)NC1CCN(c2ncccc2F)C1. The number of benzene rings is 1. The Balaban J connectivity index is 1.30. The molecule has 0 saturated carbocycles. The Labute approximate surface area is 168 Å². The van der Waals surface area contributed by atoms with Crippen molar-refractivity contribution in [3.63, 3.8) is 0 Å². The van der Waals surface area contributed by atoms with Crippen LogP contribution < -0.4 is 15.5 Å². The number of hydrogen-bond donors (Lipinski definition) is 3. The fourth-order valence-corrected chi connectivity index (χ4v) is 3.74. The molecule has 0 spiro atoms. The second-order valence-corrected chi connectivity index (χ2v) is 7.14. The minimum atomic E-state index is -0.300. The Bertz CT molecular complexity index is 1020. The molecular formula is C21H24F2N6. The molecule has 0 amide bonds. The predicted molar refractivity (Wildman–Crippen MR) is 111 cm³/mol. The predicted octanol–water partition coefficient (Wildman–Crippen LogP) is 2.83. The number of pyridine rings is 1. The van der Waals surface area contributed by atoms with Crippen molar-refractivity contribution < 1.29 is 8.78 Å². The minimum Gasteiger partial charge on any atom is -0.361 e. The highest BCUT2D eigenvalue weighted by Gasteiger charge is 2.25. The zero-order valence-corrected chi connectivity index (χ0v) is 16.3. The Kier molecular flexibility index (Phi) is 5.59. The first-order valence-electron chi connectivity index (χ1n) is 9.72. The summed E-state index contributed by atoms with van der Waals surface area (Å²) in [4.78, 5) is 13.5. The highest BCUT2D eigenvalue weighted by Crippen LogP contribution is 2.21. The molecule has 0 aliphatic carbocycles. The van der Waals surface area contributed by atoms with Crippen LogP contribution in [0.25, 0.3) is 10.9 Å². The van der Waals surface area contributed by atoms with Crippen molar-refractivity contribution in [1.82, 2.24) is 20.6 Å². The van der Waals surface area contributed by atoms with E-state index in [-0.39, 0.29) is 17.7 Å². The van der Waals surface area contributed by atoms with Crippen LogP contribution in [0.3, 0.4) is 0 Å². The number of guanidine groups is 1. The fraction of sp³-hybridized carbons (Fsp3) is 0.333. The van der Waals surface area contributed by atoms with Crippen molar-refractivity contribution in [1.29, 1.82) is 0 Å². The maximum Gasteiger partial charge on any atom is 0.191 e. The van der Waals surface area contributed by atoms with Crippen molar-refractivity contribution >= 4 is 22.7 Å². The lowest BCUT2D eigenvalue weighted by atomic mass is 10.1. The molecule has 4 rings (SSSR count). The van der Waals surface area contributed by atoms with Crippen molar-refractivity contribution in [3.05, 3.63) is 59.9 Å². The number of rotatable bonds is 5. The van der Waals surface area contributed by atoms with E-state index in [9.17, 15) is 8.78 Å². The smallest absolute Gasteiger partial charge is 0.191 e. The van der Waals surface area contributed by atoms with Crippen LogP contribution in [-0.2, 0) is 6.42 Å². The average Bonchev–Trinajstić information content (AvgIpc) is 3.34. The fourth-order valence-electron chi connectivity index (χ4n) is 3.74. The molecule has 3 heterocycles. The lowest BCUT2D eigenvalue weighted by Crippen LogP contribution is -2.45. The van der Waals surface area contributed by atoms with Gasteiger partial charge < -0.3 is 20.5 Å². The molecule has 1 aliphatic heterocycles. The van der Waals surface area contributed by atoms with Gasteiger partial charge in [-0.25, -0.2) is 13.8 Å². The van der Waals surface area contributed by atoms with Gasteiger partial charge in [0.2, 0.25) is 0 Å². The molecule has 6 nitrogen and oxygen atoms in total. The van der Waals surface area contributed by atoms with E-state index in [0.29, 0.717) is 24.9 Å². The second-order valence-electron chi connectivity index (χ2n) is 7.14. The van der Waals surface area contributed by atoms with Gasteiger partial charge in [0, 0.05) is 56.0 Å². The summed E-state index contributed by atoms with van der Waals surface area (Å²) in [6.07, 6.45) is 5.13. The van der Waals surface area contributed by atoms with Crippen molar-refractivity contribution in [2.75, 3.05) is 31.6 Å². The van der Waals surface area contributed by atoms with Gasteiger partial charge in [-0.15, -0.1) is 0 Å². The van der Waals surface area contributed by atoms with E-state index in [1.54, 1.807) is 31.4 Å². The van der Waals surface area contributed by atoms with E-state index in [1.807, 2.05) is 11.1 Å². The number of nitrogens with one attached hydrogen (secondary N) is 3. The molecule has 3 N–H and O–H groups in total. The molecule has 1 atom stereocenters. The molecule has 1 aromatic carbocycles. The highest BCUT2D eigenvalue weighted by atomic mass is 19.1. The molecule has 8 heteroatoms. The minimum absolute atomic E-state index is 0.157. The third-order valence-corrected chi connectivity index (χ3v) is 5.21. The monoisotopic (exact) mass is 398 g/mol. The Morgan fingerprint density at radius 1 is 1.34 bits per heavy atom. The number of aliphatic imine (C=N–C) groups is 1. The number of aromatic nitrogens is 2. The van der Waals surface area contributed by atoms with E-state index < -0.39 is 0 Å². The van der Waals surface area contributed by atoms with Crippen LogP contribution in [0.15, 0.2) is 47.7 Å². The summed E-state index contributed by atoms with van der Waals surface area (Å²) >= 11 is 0. The first-order valence-corrected chi connectivity index (χ1v) is 9.72. The van der Waals surface area contributed by atoms with E-state index in [0.717, 1.165) is 35.9 Å². The number of halogens is 2. The lowest BCUT2D eigenvalue weighted by molar-refractivity contribution is 0.612. The lowest BCUT2D eigenvalue weighted by Gasteiger charge is -2.20. The molecule has 1 fully saturated rings. The number of H-pyrrole nitrogens is 1. The summed E-state index contributed by atoms with van der Waals surface area (Å²) in [5.41, 5.74) is 1.98. The number of fused-ring (bicyclic) bond motifs is 1. The molecular weight excluding hydrogens is 374 g/mol. The maximum atomic E-state index is 13.9. The number of aromatic amines is 1. The van der Waals surface area contributed by atoms with Gasteiger partial charge in [-0.3, -0.25) is 4.99 Å². The van der Waals surface area contributed by atoms with E-state index in [4.69, 9.17) is 0 Å². The summed E-state index contributed by atoms with van der Waals surface area (Å²) in [6, 6.07) is 7.94. The Hall–Kier alpha value is -3.16. The molecule has 3 aromatic rings. The highest BCUT2D eigenvalue weighted by molar-refractivity contribution is 5.83. The van der Waals surface area contributed by atoms with E-state index in [1.165, 1.54) is 12.1 Å². The zero-order chi connectivity index (χ0) is 20.2. The summed E-state index contributed by atoms with van der Waals surface area (Å²) < 4.78 is 27.5. The average molecular weight is 398 g/mol. The first-order chi connectivity index (χ1) is 14.1. The van der Waals surface area contributed by atoms with Crippen LogP contribution in [0.1, 0.15) is 12.0 Å². The molecule has 152 valence electrons. The van der Waals surface area contributed by atoms with Crippen LogP contribution in [0, 0.1) is 11.6 Å². The third-order valence-electron chi connectivity index (χ3n) is 5.21. The third kappa shape index (κ3) is 4.31. The first kappa shape index (κ1) is 19.2. The number of anilines is 1. The standard InChI is InChI=1S/C21H24F2N6/c1-24-21(26-9-6-14-12-27-19-5-4-15(22)11-17(14)19)28-16-7-10-29(13-16)20-18(23)3-2-8-25-20/h2-5,8,11-12,16,27H,6-7,9-10,13H2,1H3,(H2,24,26,28). The van der Waals surface area contributed by atoms with Gasteiger partial charge in [0.25, 0.3) is 0 Å². The van der Waals surface area contributed by atoms with Crippen molar-refractivity contribution in [2.45, 2.75) is 18.9 Å². The molecule has 0 radical (unpaired) electrons. The molecule has 0 bridgehead atoms. The van der Waals surface area contributed by atoms with Gasteiger partial charge in [0.1, 0.15) is 5.82 Å². The van der Waals surface area contributed by atoms with Gasteiger partial charge >= 0.3 is 0 Å². The summed E-state index contributed by atoms with van der Waals surface area (Å²) in [6.45, 7) is 2.06. The topological polar surface area (TPSA) is 68.3 Å². The van der Waals surface area contributed by atoms with Crippen LogP contribution >= 0.6 is 0 Å². The quantitative estimate of drug-likeness (QED) is 0.457. The van der Waals surface area contributed by atoms with Crippen LogP contribution in [0.5, 0.6) is 0 Å². The van der Waals surface area contributed by atoms with E-state index >= 15 is 0 Å². The van der Waals surface area contributed by atoms with Crippen LogP contribution in [0.2, 0.25) is 0 Å². The summed E-state index contributed by atoms with van der Waals surface area (Å²) in [5, 5.41) is 7.59. The van der Waals surface area contributed by atoms with Gasteiger partial charge in [-0.2, -0.15) is 0 Å². The molecule has 1 unspecified atom stereocenters. The molecule has 2 aromatic heterocycles. The molecule has 1 aliphatic rings. The summed E-state index contributed by atoms with van der Waals surface area (Å²) in [7, 11) is 1.72. The van der Waals surface area contributed by atoms with Crippen molar-refractivity contribution in [3.8, 4) is 0 Å². The summed E-state index contributed by atoms with van der Waals surface area (Å²) in [5.74, 6) is 0.556. The van der Waals surface area contributed by atoms with Gasteiger partial charge in [-0.05, 0) is 48.7 Å². The van der Waals surface area contributed by atoms with Crippen LogP contribution in [0.4, 0.5) is 14.6 Å². The van der Waals surface area contributed by atoms with Gasteiger partial charge in [0.15, 0.2) is 17.6 Å². The normalized spacial score (nSPS) is 17.1. The Morgan fingerprint density at radius 2 is 2.24 bits per heavy atom. The number of nitrogens with zero attached hydrogens (tertiary/aromatic N) is 3. The second kappa shape index (κ2) is 8.46. The number of hydrogen-bond acceptors (Lipinski definition) is 3. The van der Waals surface area contributed by atoms with Crippen LogP contribution in [-0.4, -0.2) is 48.7 Å².